The van der Waals surface area contributed by atoms with Crippen LogP contribution in [0, 0.1) is 5.92 Å². The summed E-state index contributed by atoms with van der Waals surface area (Å²) in [6.45, 7) is 3.29. The number of methoxy groups -OCH3 is 1. The number of amides is 1. The van der Waals surface area contributed by atoms with Crippen molar-refractivity contribution < 1.29 is 19.4 Å². The van der Waals surface area contributed by atoms with Crippen molar-refractivity contribution >= 4 is 6.09 Å². The van der Waals surface area contributed by atoms with Crippen LogP contribution in [0.4, 0.5) is 4.79 Å². The van der Waals surface area contributed by atoms with Crippen molar-refractivity contribution in [2.45, 2.75) is 25.4 Å². The van der Waals surface area contributed by atoms with E-state index in [-0.39, 0.29) is 12.0 Å². The van der Waals surface area contributed by atoms with Gasteiger partial charge in [0.1, 0.15) is 11.4 Å². The number of rotatable bonds is 6. The molecule has 1 heterocycles. The summed E-state index contributed by atoms with van der Waals surface area (Å²) in [6, 6.07) is 26.0. The second-order valence-electron chi connectivity index (χ2n) is 8.40. The summed E-state index contributed by atoms with van der Waals surface area (Å²) in [5.41, 5.74) is 2.74. The fourth-order valence-electron chi connectivity index (χ4n) is 4.73. The molecule has 3 aromatic carbocycles. The summed E-state index contributed by atoms with van der Waals surface area (Å²) in [5, 5.41) is 12.3. The van der Waals surface area contributed by atoms with Crippen LogP contribution in [0.1, 0.15) is 30.9 Å². The zero-order valence-electron chi connectivity index (χ0n) is 19.2. The lowest BCUT2D eigenvalue weighted by Gasteiger charge is -2.42. The van der Waals surface area contributed by atoms with Crippen LogP contribution in [0.2, 0.25) is 0 Å². The van der Waals surface area contributed by atoms with Gasteiger partial charge >= 0.3 is 6.09 Å². The van der Waals surface area contributed by atoms with Crippen LogP contribution in [-0.4, -0.2) is 42.9 Å². The van der Waals surface area contributed by atoms with Gasteiger partial charge in [-0.25, -0.2) is 4.79 Å². The molecule has 0 aromatic heterocycles. The minimum absolute atomic E-state index is 0.0425. The van der Waals surface area contributed by atoms with Crippen LogP contribution in [0.5, 0.6) is 5.75 Å². The van der Waals surface area contributed by atoms with E-state index in [0.29, 0.717) is 32.5 Å². The molecular formula is C28H31NO4. The Balaban J connectivity index is 1.66. The second kappa shape index (κ2) is 10.1. The van der Waals surface area contributed by atoms with Crippen LogP contribution in [-0.2, 0) is 10.3 Å². The van der Waals surface area contributed by atoms with E-state index in [1.165, 1.54) is 0 Å². The van der Waals surface area contributed by atoms with Gasteiger partial charge in [-0.1, -0.05) is 66.7 Å². The van der Waals surface area contributed by atoms with Crippen molar-refractivity contribution in [1.29, 1.82) is 0 Å². The third-order valence-corrected chi connectivity index (χ3v) is 6.57. The molecule has 0 bridgehead atoms. The number of piperidine rings is 1. The molecule has 0 aliphatic carbocycles. The topological polar surface area (TPSA) is 59.0 Å². The maximum absolute atomic E-state index is 12.3. The van der Waals surface area contributed by atoms with E-state index in [4.69, 9.17) is 9.47 Å². The summed E-state index contributed by atoms with van der Waals surface area (Å²) < 4.78 is 10.5. The number of benzene rings is 3. The van der Waals surface area contributed by atoms with Crippen molar-refractivity contribution in [3.05, 3.63) is 90.0 Å². The van der Waals surface area contributed by atoms with Crippen molar-refractivity contribution in [1.82, 2.24) is 4.90 Å². The molecule has 172 valence electrons. The standard InChI is InChI=1S/C28H31NO4/c1-3-33-27(30)29-19-17-25(18-20-29)28(31,24-13-15-26(32-2)16-14-24)23-11-9-22(10-12-23)21-7-5-4-6-8-21/h4-16,25,31H,3,17-20H2,1-2H3. The molecule has 1 fully saturated rings. The predicted molar refractivity (Wildman–Crippen MR) is 129 cm³/mol. The van der Waals surface area contributed by atoms with E-state index >= 15 is 0 Å². The fourth-order valence-corrected chi connectivity index (χ4v) is 4.73. The number of ether oxygens (including phenoxy) is 2. The van der Waals surface area contributed by atoms with Crippen LogP contribution in [0.25, 0.3) is 11.1 Å². The van der Waals surface area contributed by atoms with Crippen LogP contribution >= 0.6 is 0 Å². The van der Waals surface area contributed by atoms with Gasteiger partial charge in [0.05, 0.1) is 13.7 Å². The highest BCUT2D eigenvalue weighted by Gasteiger charge is 2.42. The minimum atomic E-state index is -1.18. The van der Waals surface area contributed by atoms with Crippen LogP contribution in [0.3, 0.4) is 0 Å². The summed E-state index contributed by atoms with van der Waals surface area (Å²) in [7, 11) is 1.63. The highest BCUT2D eigenvalue weighted by atomic mass is 16.6. The first-order valence-electron chi connectivity index (χ1n) is 11.5. The molecule has 0 spiro atoms. The maximum atomic E-state index is 12.3. The Morgan fingerprint density at radius 2 is 1.45 bits per heavy atom. The molecule has 1 atom stereocenters. The lowest BCUT2D eigenvalue weighted by atomic mass is 9.72. The molecule has 0 radical (unpaired) electrons. The third kappa shape index (κ3) is 4.74. The first-order valence-corrected chi connectivity index (χ1v) is 11.5. The zero-order valence-corrected chi connectivity index (χ0v) is 19.2. The average molecular weight is 446 g/mol. The number of nitrogens with zero attached hydrogens (tertiary/aromatic N) is 1. The van der Waals surface area contributed by atoms with Gasteiger partial charge in [0, 0.05) is 13.1 Å². The number of carbonyl (C=O) groups is 1. The molecule has 1 saturated heterocycles. The lowest BCUT2D eigenvalue weighted by molar-refractivity contribution is -0.0141. The number of aliphatic hydroxyl groups is 1. The number of hydrogen-bond acceptors (Lipinski definition) is 4. The monoisotopic (exact) mass is 445 g/mol. The van der Waals surface area contributed by atoms with Gasteiger partial charge in [0.15, 0.2) is 0 Å². The summed E-state index contributed by atoms with van der Waals surface area (Å²) in [4.78, 5) is 13.9. The molecule has 1 N–H and O–H groups in total. The maximum Gasteiger partial charge on any atom is 0.409 e. The van der Waals surface area contributed by atoms with Crippen molar-refractivity contribution in [3.63, 3.8) is 0 Å². The predicted octanol–water partition coefficient (Wildman–Crippen LogP) is 5.47. The molecule has 1 amide bonds. The van der Waals surface area contributed by atoms with E-state index < -0.39 is 5.60 Å². The normalized spacial score (nSPS) is 16.2. The highest BCUT2D eigenvalue weighted by molar-refractivity contribution is 5.67. The SMILES string of the molecule is CCOC(=O)N1CCC(C(O)(c2ccc(OC)cc2)c2ccc(-c3ccccc3)cc2)CC1. The van der Waals surface area contributed by atoms with E-state index in [1.54, 1.807) is 12.0 Å². The largest absolute Gasteiger partial charge is 0.497 e. The van der Waals surface area contributed by atoms with Crippen molar-refractivity contribution in [2.75, 3.05) is 26.8 Å². The Morgan fingerprint density at radius 3 is 2.00 bits per heavy atom. The number of carbonyl (C=O) groups excluding carboxylic acids is 1. The molecule has 4 rings (SSSR count). The lowest BCUT2D eigenvalue weighted by Crippen LogP contribution is -2.46. The Kier molecular flexibility index (Phi) is 6.99. The van der Waals surface area contributed by atoms with Crippen LogP contribution in [0.15, 0.2) is 78.9 Å². The molecular weight excluding hydrogens is 414 g/mol. The van der Waals surface area contributed by atoms with E-state index in [1.807, 2.05) is 61.5 Å². The second-order valence-corrected chi connectivity index (χ2v) is 8.40. The van der Waals surface area contributed by atoms with Gasteiger partial charge in [0.2, 0.25) is 0 Å². The highest BCUT2D eigenvalue weighted by Crippen LogP contribution is 2.43. The van der Waals surface area contributed by atoms with Gasteiger partial charge in [-0.2, -0.15) is 0 Å². The van der Waals surface area contributed by atoms with E-state index in [2.05, 4.69) is 24.3 Å². The molecule has 5 heteroatoms. The fraction of sp³-hybridized carbons (Fsp3) is 0.321. The molecule has 5 nitrogen and oxygen atoms in total. The molecule has 1 aliphatic heterocycles. The van der Waals surface area contributed by atoms with Crippen molar-refractivity contribution in [2.24, 2.45) is 5.92 Å². The zero-order chi connectivity index (χ0) is 23.3. The van der Waals surface area contributed by atoms with Crippen molar-refractivity contribution in [3.8, 4) is 16.9 Å². The van der Waals surface area contributed by atoms with Gasteiger partial charge < -0.3 is 19.5 Å². The number of hydrogen-bond donors (Lipinski definition) is 1. The number of likely N-dealkylation sites (tertiary alicyclic amines) is 1. The first kappa shape index (κ1) is 22.9. The van der Waals surface area contributed by atoms with Gasteiger partial charge in [-0.3, -0.25) is 0 Å². The summed E-state index contributed by atoms with van der Waals surface area (Å²) >= 11 is 0. The van der Waals surface area contributed by atoms with E-state index in [9.17, 15) is 9.90 Å². The molecule has 3 aromatic rings. The molecule has 1 unspecified atom stereocenters. The van der Waals surface area contributed by atoms with Crippen LogP contribution < -0.4 is 4.74 Å². The van der Waals surface area contributed by atoms with E-state index in [0.717, 1.165) is 28.0 Å². The smallest absolute Gasteiger partial charge is 0.409 e. The van der Waals surface area contributed by atoms with Gasteiger partial charge in [-0.05, 0) is 60.1 Å². The Morgan fingerprint density at radius 1 is 0.909 bits per heavy atom. The summed E-state index contributed by atoms with van der Waals surface area (Å²) in [6.07, 6.45) is 1.08. The van der Waals surface area contributed by atoms with Gasteiger partial charge in [-0.15, -0.1) is 0 Å². The molecule has 1 aliphatic rings. The van der Waals surface area contributed by atoms with Gasteiger partial charge in [0.25, 0.3) is 0 Å². The molecule has 33 heavy (non-hydrogen) atoms. The Labute approximate surface area is 195 Å². The third-order valence-electron chi connectivity index (χ3n) is 6.57. The Hall–Kier alpha value is -3.31. The Bertz CT molecular complexity index is 1040. The average Bonchev–Trinajstić information content (AvgIpc) is 2.89. The summed E-state index contributed by atoms with van der Waals surface area (Å²) in [5.74, 6) is 0.705. The molecule has 0 saturated carbocycles. The minimum Gasteiger partial charge on any atom is -0.497 e. The quantitative estimate of drug-likeness (QED) is 0.547. The first-order chi connectivity index (χ1) is 16.1.